The van der Waals surface area contributed by atoms with Crippen LogP contribution >= 0.6 is 22.7 Å². The summed E-state index contributed by atoms with van der Waals surface area (Å²) in [6.45, 7) is 1.77. The maximum Gasteiger partial charge on any atom is 0.138 e. The first-order valence-corrected chi connectivity index (χ1v) is 8.24. The lowest BCUT2D eigenvalue weighted by Crippen LogP contribution is -2.22. The van der Waals surface area contributed by atoms with Crippen molar-refractivity contribution < 1.29 is 9.84 Å². The molecule has 1 aromatic carbocycles. The zero-order valence-electron chi connectivity index (χ0n) is 11.7. The van der Waals surface area contributed by atoms with Gasteiger partial charge < -0.3 is 9.84 Å². The van der Waals surface area contributed by atoms with Crippen molar-refractivity contribution in [3.05, 3.63) is 57.7 Å². The highest BCUT2D eigenvalue weighted by Gasteiger charge is 2.29. The molecule has 0 aliphatic carbocycles. The van der Waals surface area contributed by atoms with Crippen LogP contribution in [0.2, 0.25) is 0 Å². The van der Waals surface area contributed by atoms with Gasteiger partial charge in [-0.3, -0.25) is 0 Å². The van der Waals surface area contributed by atoms with Crippen LogP contribution in [0.4, 0.5) is 0 Å². The van der Waals surface area contributed by atoms with Crippen LogP contribution in [0.3, 0.4) is 0 Å². The molecule has 2 aromatic heterocycles. The summed E-state index contributed by atoms with van der Waals surface area (Å²) in [6, 6.07) is 11.5. The van der Waals surface area contributed by atoms with Crippen LogP contribution in [0.1, 0.15) is 17.5 Å². The van der Waals surface area contributed by atoms with Crippen molar-refractivity contribution in [1.29, 1.82) is 0 Å². The van der Waals surface area contributed by atoms with Crippen molar-refractivity contribution in [2.24, 2.45) is 0 Å². The van der Waals surface area contributed by atoms with E-state index in [-0.39, 0.29) is 0 Å². The second-order valence-electron chi connectivity index (χ2n) is 4.82. The summed E-state index contributed by atoms with van der Waals surface area (Å²) < 4.78 is 5.15. The summed E-state index contributed by atoms with van der Waals surface area (Å²) >= 11 is 3.12. The minimum absolute atomic E-state index is 0.691. The van der Waals surface area contributed by atoms with Crippen molar-refractivity contribution in [3.8, 4) is 16.3 Å². The Bertz CT molecular complexity index is 715. The maximum atomic E-state index is 10.8. The Morgan fingerprint density at radius 1 is 1.14 bits per heavy atom. The van der Waals surface area contributed by atoms with E-state index in [1.54, 1.807) is 25.4 Å². The van der Waals surface area contributed by atoms with E-state index >= 15 is 0 Å². The number of aromatic nitrogens is 1. The molecule has 0 spiro atoms. The minimum atomic E-state index is -1.10. The first kappa shape index (κ1) is 14.3. The van der Waals surface area contributed by atoms with E-state index in [1.165, 1.54) is 11.3 Å². The van der Waals surface area contributed by atoms with Gasteiger partial charge in [0.15, 0.2) is 0 Å². The third kappa shape index (κ3) is 2.72. The van der Waals surface area contributed by atoms with Gasteiger partial charge in [-0.25, -0.2) is 4.98 Å². The largest absolute Gasteiger partial charge is 0.497 e. The Labute approximate surface area is 131 Å². The standard InChI is InChI=1S/C16H15NO2S2/c1-16(18,11-5-7-12(19-2)8-6-11)15-17-13(10-21-15)14-4-3-9-20-14/h3-10,18H,1-2H3. The van der Waals surface area contributed by atoms with Crippen molar-refractivity contribution in [3.63, 3.8) is 0 Å². The smallest absolute Gasteiger partial charge is 0.138 e. The van der Waals surface area contributed by atoms with Gasteiger partial charge >= 0.3 is 0 Å². The number of hydrogen-bond acceptors (Lipinski definition) is 5. The van der Waals surface area contributed by atoms with Crippen LogP contribution in [0.5, 0.6) is 5.75 Å². The predicted octanol–water partition coefficient (Wildman–Crippen LogP) is 4.14. The van der Waals surface area contributed by atoms with Crippen molar-refractivity contribution in [1.82, 2.24) is 4.98 Å². The normalized spacial score (nSPS) is 13.9. The summed E-state index contributed by atoms with van der Waals surface area (Å²) in [5.41, 5.74) is 0.612. The SMILES string of the molecule is COc1ccc(C(C)(O)c2nc(-c3cccs3)cs2)cc1. The zero-order chi connectivity index (χ0) is 14.9. The summed E-state index contributed by atoms with van der Waals surface area (Å²) in [4.78, 5) is 5.70. The van der Waals surface area contributed by atoms with E-state index < -0.39 is 5.60 Å². The number of rotatable bonds is 4. The highest BCUT2D eigenvalue weighted by Crippen LogP contribution is 2.35. The number of thiophene rings is 1. The van der Waals surface area contributed by atoms with Crippen LogP contribution in [-0.4, -0.2) is 17.2 Å². The molecule has 0 amide bonds. The predicted molar refractivity (Wildman–Crippen MR) is 87.1 cm³/mol. The lowest BCUT2D eigenvalue weighted by Gasteiger charge is -2.21. The lowest BCUT2D eigenvalue weighted by molar-refractivity contribution is 0.102. The molecule has 5 heteroatoms. The van der Waals surface area contributed by atoms with Gasteiger partial charge in [-0.15, -0.1) is 22.7 Å². The molecule has 0 radical (unpaired) electrons. The van der Waals surface area contributed by atoms with Gasteiger partial charge in [-0.1, -0.05) is 18.2 Å². The molecule has 1 N–H and O–H groups in total. The van der Waals surface area contributed by atoms with Crippen molar-refractivity contribution in [2.75, 3.05) is 7.11 Å². The number of hydrogen-bond donors (Lipinski definition) is 1. The maximum absolute atomic E-state index is 10.8. The molecule has 1 unspecified atom stereocenters. The van der Waals surface area contributed by atoms with Crippen LogP contribution in [-0.2, 0) is 5.60 Å². The Morgan fingerprint density at radius 3 is 2.52 bits per heavy atom. The molecular weight excluding hydrogens is 302 g/mol. The number of ether oxygens (including phenoxy) is 1. The molecule has 0 bridgehead atoms. The first-order valence-electron chi connectivity index (χ1n) is 6.48. The molecule has 0 aliphatic heterocycles. The van der Waals surface area contributed by atoms with Crippen LogP contribution in [0.25, 0.3) is 10.6 Å². The third-order valence-electron chi connectivity index (χ3n) is 3.35. The number of methoxy groups -OCH3 is 1. The number of benzene rings is 1. The first-order chi connectivity index (χ1) is 10.1. The van der Waals surface area contributed by atoms with Gasteiger partial charge in [0.1, 0.15) is 16.4 Å². The topological polar surface area (TPSA) is 42.4 Å². The zero-order valence-corrected chi connectivity index (χ0v) is 13.4. The highest BCUT2D eigenvalue weighted by molar-refractivity contribution is 7.14. The van der Waals surface area contributed by atoms with E-state index in [4.69, 9.17) is 4.74 Å². The summed E-state index contributed by atoms with van der Waals surface area (Å²) in [7, 11) is 1.63. The van der Waals surface area contributed by atoms with Gasteiger partial charge in [-0.05, 0) is 36.1 Å². The lowest BCUT2D eigenvalue weighted by atomic mass is 9.97. The molecule has 3 aromatic rings. The van der Waals surface area contributed by atoms with Crippen LogP contribution in [0.15, 0.2) is 47.2 Å². The molecule has 108 valence electrons. The van der Waals surface area contributed by atoms with E-state index in [0.717, 1.165) is 21.9 Å². The van der Waals surface area contributed by atoms with Crippen LogP contribution in [0, 0.1) is 0 Å². The van der Waals surface area contributed by atoms with Gasteiger partial charge in [0.05, 0.1) is 17.7 Å². The van der Waals surface area contributed by atoms with Crippen molar-refractivity contribution in [2.45, 2.75) is 12.5 Å². The molecule has 0 saturated carbocycles. The minimum Gasteiger partial charge on any atom is -0.497 e. The Hall–Kier alpha value is -1.69. The van der Waals surface area contributed by atoms with Gasteiger partial charge in [0.2, 0.25) is 0 Å². The molecule has 21 heavy (non-hydrogen) atoms. The van der Waals surface area contributed by atoms with E-state index in [2.05, 4.69) is 4.98 Å². The fourth-order valence-electron chi connectivity index (χ4n) is 2.07. The fourth-order valence-corrected chi connectivity index (χ4v) is 3.74. The number of thiazole rings is 1. The Morgan fingerprint density at radius 2 is 1.90 bits per heavy atom. The second-order valence-corrected chi connectivity index (χ2v) is 6.62. The summed E-state index contributed by atoms with van der Waals surface area (Å²) in [5.74, 6) is 0.771. The Kier molecular flexibility index (Phi) is 3.80. The molecule has 0 saturated heterocycles. The molecule has 2 heterocycles. The van der Waals surface area contributed by atoms with E-state index in [9.17, 15) is 5.11 Å². The van der Waals surface area contributed by atoms with Crippen LogP contribution < -0.4 is 4.74 Å². The highest BCUT2D eigenvalue weighted by atomic mass is 32.1. The van der Waals surface area contributed by atoms with Crippen molar-refractivity contribution >= 4 is 22.7 Å². The monoisotopic (exact) mass is 317 g/mol. The average molecular weight is 317 g/mol. The summed E-state index contributed by atoms with van der Waals surface area (Å²) in [5, 5.41) is 15.5. The van der Waals surface area contributed by atoms with E-state index in [1.807, 2.05) is 47.2 Å². The summed E-state index contributed by atoms with van der Waals surface area (Å²) in [6.07, 6.45) is 0. The molecular formula is C16H15NO2S2. The van der Waals surface area contributed by atoms with Gasteiger partial charge in [-0.2, -0.15) is 0 Å². The molecule has 3 nitrogen and oxygen atoms in total. The molecule has 0 fully saturated rings. The average Bonchev–Trinajstić information content (AvgIpc) is 3.18. The fraction of sp³-hybridized carbons (Fsp3) is 0.188. The molecule has 0 aliphatic rings. The van der Waals surface area contributed by atoms with E-state index in [0.29, 0.717) is 5.01 Å². The number of nitrogens with zero attached hydrogens (tertiary/aromatic N) is 1. The molecule has 3 rings (SSSR count). The molecule has 1 atom stereocenters. The quantitative estimate of drug-likeness (QED) is 0.786. The Balaban J connectivity index is 1.93. The second kappa shape index (κ2) is 5.60. The van der Waals surface area contributed by atoms with Gasteiger partial charge in [0, 0.05) is 5.38 Å². The number of aliphatic hydroxyl groups is 1. The van der Waals surface area contributed by atoms with Gasteiger partial charge in [0.25, 0.3) is 0 Å². The third-order valence-corrected chi connectivity index (χ3v) is 5.29.